The average Bonchev–Trinajstić information content (AvgIpc) is 3.12. The minimum atomic E-state index is -4.33. The van der Waals surface area contributed by atoms with Gasteiger partial charge in [-0.05, 0) is 31.0 Å². The first-order valence-corrected chi connectivity index (χ1v) is 6.48. The molecule has 0 atom stereocenters. The zero-order chi connectivity index (χ0) is 14.2. The maximum Gasteiger partial charge on any atom is 0.416 e. The van der Waals surface area contributed by atoms with E-state index < -0.39 is 11.7 Å². The molecule has 0 radical (unpaired) electrons. The summed E-state index contributed by atoms with van der Waals surface area (Å²) in [6.45, 7) is 0.663. The fourth-order valence-corrected chi connectivity index (χ4v) is 2.00. The van der Waals surface area contributed by atoms with Crippen molar-refractivity contribution in [3.05, 3.63) is 41.6 Å². The molecule has 1 saturated carbocycles. The van der Waals surface area contributed by atoms with Gasteiger partial charge in [-0.25, -0.2) is 0 Å². The zero-order valence-corrected chi connectivity index (χ0v) is 10.7. The molecule has 1 aliphatic rings. The molecule has 3 nitrogen and oxygen atoms in total. The molecule has 2 aromatic rings. The summed E-state index contributed by atoms with van der Waals surface area (Å²) in [4.78, 5) is 0. The van der Waals surface area contributed by atoms with Crippen molar-refractivity contribution in [1.82, 2.24) is 15.5 Å². The van der Waals surface area contributed by atoms with Gasteiger partial charge in [0.2, 0.25) is 0 Å². The third-order valence-corrected chi connectivity index (χ3v) is 3.28. The summed E-state index contributed by atoms with van der Waals surface area (Å²) in [6.07, 6.45) is -1.95. The molecule has 0 spiro atoms. The van der Waals surface area contributed by atoms with Crippen molar-refractivity contribution in [3.63, 3.8) is 0 Å². The number of hydrogen-bond donors (Lipinski definition) is 2. The zero-order valence-electron chi connectivity index (χ0n) is 10.7. The fraction of sp³-hybridized carbons (Fsp3) is 0.357. The topological polar surface area (TPSA) is 40.7 Å². The lowest BCUT2D eigenvalue weighted by molar-refractivity contribution is -0.137. The Balaban J connectivity index is 1.78. The van der Waals surface area contributed by atoms with Crippen molar-refractivity contribution in [1.29, 1.82) is 0 Å². The minimum Gasteiger partial charge on any atom is -0.308 e. The van der Waals surface area contributed by atoms with Crippen molar-refractivity contribution in [2.45, 2.75) is 31.6 Å². The lowest BCUT2D eigenvalue weighted by Crippen LogP contribution is -2.15. The van der Waals surface area contributed by atoms with Crippen molar-refractivity contribution in [2.24, 2.45) is 0 Å². The molecule has 1 heterocycles. The van der Waals surface area contributed by atoms with E-state index in [9.17, 15) is 13.2 Å². The molecule has 1 aromatic carbocycles. The van der Waals surface area contributed by atoms with Crippen LogP contribution in [0.3, 0.4) is 0 Å². The van der Waals surface area contributed by atoms with Crippen LogP contribution in [0.25, 0.3) is 11.3 Å². The molecule has 1 aliphatic carbocycles. The third-order valence-electron chi connectivity index (χ3n) is 3.28. The first-order valence-electron chi connectivity index (χ1n) is 6.48. The highest BCUT2D eigenvalue weighted by atomic mass is 19.4. The Bertz CT molecular complexity index is 600. The van der Waals surface area contributed by atoms with Crippen LogP contribution in [0.1, 0.15) is 24.1 Å². The Morgan fingerprint density at radius 3 is 2.75 bits per heavy atom. The molecule has 0 saturated heterocycles. The van der Waals surface area contributed by atoms with Crippen LogP contribution in [0.15, 0.2) is 30.3 Å². The lowest BCUT2D eigenvalue weighted by Gasteiger charge is -2.07. The van der Waals surface area contributed by atoms with E-state index in [1.165, 1.54) is 18.9 Å². The molecule has 0 aliphatic heterocycles. The van der Waals surface area contributed by atoms with E-state index >= 15 is 0 Å². The quantitative estimate of drug-likeness (QED) is 0.902. The molecular weight excluding hydrogens is 267 g/mol. The second-order valence-corrected chi connectivity index (χ2v) is 5.01. The van der Waals surface area contributed by atoms with Gasteiger partial charge in [0, 0.05) is 23.8 Å². The minimum absolute atomic E-state index is 0.466. The van der Waals surface area contributed by atoms with Crippen molar-refractivity contribution < 1.29 is 13.2 Å². The number of hydrogen-bond acceptors (Lipinski definition) is 2. The van der Waals surface area contributed by atoms with Crippen LogP contribution < -0.4 is 5.32 Å². The molecule has 1 fully saturated rings. The maximum absolute atomic E-state index is 12.7. The molecule has 0 bridgehead atoms. The number of halogens is 3. The summed E-state index contributed by atoms with van der Waals surface area (Å²) < 4.78 is 38.0. The predicted octanol–water partition coefficient (Wildman–Crippen LogP) is 3.35. The molecule has 2 N–H and O–H groups in total. The molecule has 1 aromatic heterocycles. The van der Waals surface area contributed by atoms with Crippen molar-refractivity contribution in [2.75, 3.05) is 0 Å². The summed E-state index contributed by atoms with van der Waals surface area (Å²) in [5.74, 6) is 0. The summed E-state index contributed by atoms with van der Waals surface area (Å²) in [7, 11) is 0. The summed E-state index contributed by atoms with van der Waals surface area (Å²) in [6, 6.07) is 7.57. The lowest BCUT2D eigenvalue weighted by atomic mass is 10.1. The standard InChI is InChI=1S/C14H14F3N3/c15-14(16,17)10-3-1-2-9(6-10)13-7-12(19-20-13)8-18-11-4-5-11/h1-3,6-7,11,18H,4-5,8H2,(H,19,20). The second-order valence-electron chi connectivity index (χ2n) is 5.01. The summed E-state index contributed by atoms with van der Waals surface area (Å²) >= 11 is 0. The SMILES string of the molecule is FC(F)(F)c1cccc(-c2cc(CNC3CC3)[nH]n2)c1. The molecule has 106 valence electrons. The summed E-state index contributed by atoms with van der Waals surface area (Å²) in [5, 5.41) is 10.2. The van der Waals surface area contributed by atoms with Crippen LogP contribution in [0.5, 0.6) is 0 Å². The number of H-pyrrole nitrogens is 1. The van der Waals surface area contributed by atoms with Crippen molar-refractivity contribution >= 4 is 0 Å². The molecule has 0 unspecified atom stereocenters. The van der Waals surface area contributed by atoms with E-state index in [1.54, 1.807) is 12.1 Å². The van der Waals surface area contributed by atoms with Gasteiger partial charge in [0.15, 0.2) is 0 Å². The van der Waals surface area contributed by atoms with Gasteiger partial charge in [-0.15, -0.1) is 0 Å². The number of alkyl halides is 3. The van der Waals surface area contributed by atoms with Crippen LogP contribution >= 0.6 is 0 Å². The Labute approximate surface area is 114 Å². The van der Waals surface area contributed by atoms with Crippen LogP contribution in [-0.4, -0.2) is 16.2 Å². The monoisotopic (exact) mass is 281 g/mol. The van der Waals surface area contributed by atoms with E-state index in [-0.39, 0.29) is 0 Å². The van der Waals surface area contributed by atoms with E-state index in [4.69, 9.17) is 0 Å². The van der Waals surface area contributed by atoms with Crippen LogP contribution in [-0.2, 0) is 12.7 Å². The van der Waals surface area contributed by atoms with E-state index in [0.29, 0.717) is 23.8 Å². The van der Waals surface area contributed by atoms with Gasteiger partial charge in [0.05, 0.1) is 11.3 Å². The highest BCUT2D eigenvalue weighted by Gasteiger charge is 2.30. The van der Waals surface area contributed by atoms with Gasteiger partial charge in [-0.2, -0.15) is 18.3 Å². The van der Waals surface area contributed by atoms with E-state index in [0.717, 1.165) is 17.8 Å². The maximum atomic E-state index is 12.7. The number of nitrogens with one attached hydrogen (secondary N) is 2. The highest BCUT2D eigenvalue weighted by molar-refractivity contribution is 5.60. The van der Waals surface area contributed by atoms with Crippen LogP contribution in [0, 0.1) is 0 Å². The van der Waals surface area contributed by atoms with Gasteiger partial charge in [0.25, 0.3) is 0 Å². The number of aromatic nitrogens is 2. The number of benzene rings is 1. The highest BCUT2D eigenvalue weighted by Crippen LogP contribution is 2.31. The van der Waals surface area contributed by atoms with Crippen LogP contribution in [0.2, 0.25) is 0 Å². The normalized spacial score (nSPS) is 15.6. The third kappa shape index (κ3) is 3.01. The Hall–Kier alpha value is -1.82. The van der Waals surface area contributed by atoms with E-state index in [1.807, 2.05) is 0 Å². The summed E-state index contributed by atoms with van der Waals surface area (Å²) in [5.41, 5.74) is 1.22. The van der Waals surface area contributed by atoms with Gasteiger partial charge in [-0.3, -0.25) is 5.10 Å². The number of rotatable bonds is 4. The van der Waals surface area contributed by atoms with Gasteiger partial charge in [0.1, 0.15) is 0 Å². The van der Waals surface area contributed by atoms with Crippen molar-refractivity contribution in [3.8, 4) is 11.3 Å². The first-order chi connectivity index (χ1) is 9.52. The fourth-order valence-electron chi connectivity index (χ4n) is 2.00. The Morgan fingerprint density at radius 2 is 2.05 bits per heavy atom. The predicted molar refractivity (Wildman–Crippen MR) is 68.9 cm³/mol. The number of nitrogens with zero attached hydrogens (tertiary/aromatic N) is 1. The van der Waals surface area contributed by atoms with E-state index in [2.05, 4.69) is 15.5 Å². The van der Waals surface area contributed by atoms with Gasteiger partial charge >= 0.3 is 6.18 Å². The molecule has 3 rings (SSSR count). The molecule has 0 amide bonds. The Kier molecular flexibility index (Phi) is 3.25. The average molecular weight is 281 g/mol. The van der Waals surface area contributed by atoms with Gasteiger partial charge < -0.3 is 5.32 Å². The molecule has 6 heteroatoms. The van der Waals surface area contributed by atoms with Gasteiger partial charge in [-0.1, -0.05) is 12.1 Å². The first kappa shape index (κ1) is 13.2. The Morgan fingerprint density at radius 1 is 1.25 bits per heavy atom. The number of aromatic amines is 1. The second kappa shape index (κ2) is 4.94. The smallest absolute Gasteiger partial charge is 0.308 e. The van der Waals surface area contributed by atoms with Crippen LogP contribution in [0.4, 0.5) is 13.2 Å². The molecular formula is C14H14F3N3. The molecule has 20 heavy (non-hydrogen) atoms. The largest absolute Gasteiger partial charge is 0.416 e.